The Kier molecular flexibility index (Phi) is 5.49. The molecule has 0 spiro atoms. The van der Waals surface area contributed by atoms with Crippen LogP contribution in [-0.2, 0) is 14.4 Å². The molecule has 0 saturated carbocycles. The number of carbonyl (C=O) groups is 3. The Morgan fingerprint density at radius 2 is 1.50 bits per heavy atom. The molecule has 0 aromatic heterocycles. The minimum Gasteiger partial charge on any atom is -0.480 e. The van der Waals surface area contributed by atoms with Crippen LogP contribution in [-0.4, -0.2) is 36.0 Å². The third-order valence-electron chi connectivity index (χ3n) is 1.57. The van der Waals surface area contributed by atoms with Gasteiger partial charge in [0.2, 0.25) is 11.8 Å². The molecule has 6 nitrogen and oxygen atoms in total. The highest BCUT2D eigenvalue weighted by Crippen LogP contribution is 2.17. The van der Waals surface area contributed by atoms with Gasteiger partial charge in [0.15, 0.2) is 0 Å². The van der Waals surface area contributed by atoms with Crippen molar-refractivity contribution in [1.29, 1.82) is 0 Å². The van der Waals surface area contributed by atoms with Crippen LogP contribution >= 0.6 is 0 Å². The summed E-state index contributed by atoms with van der Waals surface area (Å²) < 4.78 is 0. The molecule has 0 saturated heterocycles. The van der Waals surface area contributed by atoms with Crippen molar-refractivity contribution < 1.29 is 19.5 Å². The maximum absolute atomic E-state index is 11.3. The summed E-state index contributed by atoms with van der Waals surface area (Å²) >= 11 is 0. The molecule has 0 aliphatic carbocycles. The molecular weight excluding hydrogens is 212 g/mol. The average molecular weight is 230 g/mol. The van der Waals surface area contributed by atoms with E-state index in [1.54, 1.807) is 0 Å². The van der Waals surface area contributed by atoms with Crippen molar-refractivity contribution >= 4 is 17.8 Å². The van der Waals surface area contributed by atoms with Crippen molar-refractivity contribution in [3.8, 4) is 0 Å². The molecular formula is C10H18N2O4. The van der Waals surface area contributed by atoms with Gasteiger partial charge in [-0.1, -0.05) is 20.8 Å². The number of carboxylic acids is 1. The van der Waals surface area contributed by atoms with Crippen molar-refractivity contribution in [2.24, 2.45) is 5.41 Å². The fourth-order valence-corrected chi connectivity index (χ4v) is 0.960. The molecule has 0 heterocycles. The molecule has 92 valence electrons. The number of hydrogen-bond donors (Lipinski definition) is 3. The fourth-order valence-electron chi connectivity index (χ4n) is 0.960. The number of nitrogens with one attached hydrogen (secondary N) is 2. The van der Waals surface area contributed by atoms with Crippen molar-refractivity contribution in [2.75, 3.05) is 13.1 Å². The molecule has 6 heteroatoms. The highest BCUT2D eigenvalue weighted by molar-refractivity contribution is 5.86. The summed E-state index contributed by atoms with van der Waals surface area (Å²) in [5.41, 5.74) is -0.137. The molecule has 0 unspecified atom stereocenters. The van der Waals surface area contributed by atoms with E-state index in [1.807, 2.05) is 20.8 Å². The van der Waals surface area contributed by atoms with Crippen LogP contribution in [0.1, 0.15) is 27.2 Å². The lowest BCUT2D eigenvalue weighted by atomic mass is 9.92. The van der Waals surface area contributed by atoms with Gasteiger partial charge in [0.05, 0.1) is 6.54 Å². The van der Waals surface area contributed by atoms with Gasteiger partial charge in [0.25, 0.3) is 0 Å². The first-order valence-electron chi connectivity index (χ1n) is 4.96. The van der Waals surface area contributed by atoms with Gasteiger partial charge in [-0.15, -0.1) is 0 Å². The van der Waals surface area contributed by atoms with Gasteiger partial charge in [-0.3, -0.25) is 14.4 Å². The second kappa shape index (κ2) is 6.09. The lowest BCUT2D eigenvalue weighted by Crippen LogP contribution is -2.39. The van der Waals surface area contributed by atoms with Crippen LogP contribution in [0.4, 0.5) is 0 Å². The summed E-state index contributed by atoms with van der Waals surface area (Å²) in [4.78, 5) is 32.4. The van der Waals surface area contributed by atoms with Crippen LogP contribution in [0.15, 0.2) is 0 Å². The summed E-state index contributed by atoms with van der Waals surface area (Å²) in [6, 6.07) is 0. The van der Waals surface area contributed by atoms with E-state index >= 15 is 0 Å². The standard InChI is InChI=1S/C10H18N2O4/c1-10(2,3)4-7(13)11-5-8(14)12-6-9(15)16/h4-6H2,1-3H3,(H,11,13)(H,12,14)(H,15,16). The van der Waals surface area contributed by atoms with Crippen LogP contribution in [0, 0.1) is 5.41 Å². The minimum atomic E-state index is -1.12. The van der Waals surface area contributed by atoms with E-state index < -0.39 is 18.4 Å². The van der Waals surface area contributed by atoms with E-state index in [0.717, 1.165) is 0 Å². The van der Waals surface area contributed by atoms with Crippen molar-refractivity contribution in [1.82, 2.24) is 10.6 Å². The van der Waals surface area contributed by atoms with Gasteiger partial charge in [0.1, 0.15) is 6.54 Å². The van der Waals surface area contributed by atoms with E-state index in [-0.39, 0.29) is 17.9 Å². The predicted octanol–water partition coefficient (Wildman–Crippen LogP) is -0.260. The van der Waals surface area contributed by atoms with E-state index in [9.17, 15) is 14.4 Å². The molecule has 0 atom stereocenters. The number of carboxylic acid groups (broad SMARTS) is 1. The SMILES string of the molecule is CC(C)(C)CC(=O)NCC(=O)NCC(=O)O. The van der Waals surface area contributed by atoms with E-state index in [0.29, 0.717) is 6.42 Å². The van der Waals surface area contributed by atoms with Crippen molar-refractivity contribution in [3.05, 3.63) is 0 Å². The van der Waals surface area contributed by atoms with E-state index in [2.05, 4.69) is 10.6 Å². The van der Waals surface area contributed by atoms with Crippen molar-refractivity contribution in [2.45, 2.75) is 27.2 Å². The molecule has 0 radical (unpaired) electrons. The summed E-state index contributed by atoms with van der Waals surface area (Å²) in [5, 5.41) is 12.9. The van der Waals surface area contributed by atoms with Crippen molar-refractivity contribution in [3.63, 3.8) is 0 Å². The number of hydrogen-bond acceptors (Lipinski definition) is 3. The molecule has 0 aliphatic heterocycles. The Morgan fingerprint density at radius 3 is 1.94 bits per heavy atom. The molecule has 16 heavy (non-hydrogen) atoms. The fraction of sp³-hybridized carbons (Fsp3) is 0.700. The molecule has 0 rings (SSSR count). The van der Waals surface area contributed by atoms with Gasteiger partial charge < -0.3 is 15.7 Å². The van der Waals surface area contributed by atoms with Gasteiger partial charge in [-0.25, -0.2) is 0 Å². The normalized spacial score (nSPS) is 10.7. The number of amides is 2. The topological polar surface area (TPSA) is 95.5 Å². The first-order valence-corrected chi connectivity index (χ1v) is 4.96. The maximum atomic E-state index is 11.3. The molecule has 0 aromatic carbocycles. The maximum Gasteiger partial charge on any atom is 0.322 e. The van der Waals surface area contributed by atoms with Crippen LogP contribution in [0.25, 0.3) is 0 Å². The Labute approximate surface area is 94.4 Å². The summed E-state index contributed by atoms with van der Waals surface area (Å²) in [5.74, 6) is -1.85. The van der Waals surface area contributed by atoms with Gasteiger partial charge >= 0.3 is 5.97 Å². The Hall–Kier alpha value is -1.59. The molecule has 0 bridgehead atoms. The van der Waals surface area contributed by atoms with Gasteiger partial charge in [-0.2, -0.15) is 0 Å². The summed E-state index contributed by atoms with van der Waals surface area (Å²) in [7, 11) is 0. The van der Waals surface area contributed by atoms with E-state index in [1.165, 1.54) is 0 Å². The summed E-state index contributed by atoms with van der Waals surface area (Å²) in [6.45, 7) is 5.11. The van der Waals surface area contributed by atoms with Gasteiger partial charge in [0, 0.05) is 6.42 Å². The second-order valence-corrected chi connectivity index (χ2v) is 4.68. The van der Waals surface area contributed by atoms with Crippen LogP contribution in [0.2, 0.25) is 0 Å². The number of carbonyl (C=O) groups excluding carboxylic acids is 2. The van der Waals surface area contributed by atoms with Gasteiger partial charge in [-0.05, 0) is 5.41 Å². The monoisotopic (exact) mass is 230 g/mol. The Balaban J connectivity index is 3.76. The molecule has 0 aliphatic rings. The molecule has 0 fully saturated rings. The highest BCUT2D eigenvalue weighted by Gasteiger charge is 2.16. The largest absolute Gasteiger partial charge is 0.480 e. The Bertz CT molecular complexity index is 281. The average Bonchev–Trinajstić information content (AvgIpc) is 2.08. The molecule has 0 aromatic rings. The number of aliphatic carboxylic acids is 1. The quantitative estimate of drug-likeness (QED) is 0.606. The third-order valence-corrected chi connectivity index (χ3v) is 1.57. The zero-order valence-corrected chi connectivity index (χ0v) is 9.79. The van der Waals surface area contributed by atoms with Crippen LogP contribution < -0.4 is 10.6 Å². The van der Waals surface area contributed by atoms with Crippen LogP contribution in [0.3, 0.4) is 0 Å². The predicted molar refractivity (Wildman–Crippen MR) is 57.7 cm³/mol. The lowest BCUT2D eigenvalue weighted by Gasteiger charge is -2.16. The zero-order chi connectivity index (χ0) is 12.8. The van der Waals surface area contributed by atoms with E-state index in [4.69, 9.17) is 5.11 Å². The molecule has 3 N–H and O–H groups in total. The third kappa shape index (κ3) is 8.98. The first-order chi connectivity index (χ1) is 7.20. The first kappa shape index (κ1) is 14.4. The highest BCUT2D eigenvalue weighted by atomic mass is 16.4. The lowest BCUT2D eigenvalue weighted by molar-refractivity contribution is -0.137. The Morgan fingerprint density at radius 1 is 1.00 bits per heavy atom. The zero-order valence-electron chi connectivity index (χ0n) is 9.79. The van der Waals surface area contributed by atoms with Crippen LogP contribution in [0.5, 0.6) is 0 Å². The smallest absolute Gasteiger partial charge is 0.322 e. The summed E-state index contributed by atoms with van der Waals surface area (Å²) in [6.07, 6.45) is 0.319. The second-order valence-electron chi connectivity index (χ2n) is 4.68. The number of rotatable bonds is 5. The molecule has 2 amide bonds. The minimum absolute atomic E-state index is 0.137.